The molecule has 1 heterocycles. The summed E-state index contributed by atoms with van der Waals surface area (Å²) in [7, 11) is 1.49. The van der Waals surface area contributed by atoms with Gasteiger partial charge in [-0.1, -0.05) is 18.2 Å². The van der Waals surface area contributed by atoms with Crippen molar-refractivity contribution in [3.63, 3.8) is 0 Å². The van der Waals surface area contributed by atoms with Crippen LogP contribution in [0.25, 0.3) is 11.1 Å². The van der Waals surface area contributed by atoms with E-state index >= 15 is 0 Å². The summed E-state index contributed by atoms with van der Waals surface area (Å²) in [5, 5.41) is 5.97. The van der Waals surface area contributed by atoms with E-state index in [1.165, 1.54) is 7.11 Å². The van der Waals surface area contributed by atoms with E-state index in [0.29, 0.717) is 11.5 Å². The second kappa shape index (κ2) is 9.07. The maximum absolute atomic E-state index is 13.4. The van der Waals surface area contributed by atoms with Crippen LogP contribution in [0.3, 0.4) is 0 Å². The van der Waals surface area contributed by atoms with Gasteiger partial charge in [-0.2, -0.15) is 0 Å². The summed E-state index contributed by atoms with van der Waals surface area (Å²) in [6.45, 7) is 4.27. The number of amides is 2. The zero-order valence-electron chi connectivity index (χ0n) is 20.1. The van der Waals surface area contributed by atoms with Crippen molar-refractivity contribution in [1.29, 1.82) is 0 Å². The average Bonchev–Trinajstić information content (AvgIpc) is 3.51. The Hall–Kier alpha value is -3.84. The van der Waals surface area contributed by atoms with Crippen LogP contribution in [0, 0.1) is 13.8 Å². The van der Waals surface area contributed by atoms with Crippen molar-refractivity contribution in [2.24, 2.45) is 0 Å². The highest BCUT2D eigenvalue weighted by atomic mass is 16.7. The number of aryl methyl sites for hydroxylation is 2. The normalized spacial score (nSPS) is 14.9. The molecule has 0 unspecified atom stereocenters. The van der Waals surface area contributed by atoms with Crippen LogP contribution in [0.15, 0.2) is 54.6 Å². The van der Waals surface area contributed by atoms with Gasteiger partial charge in [-0.25, -0.2) is 0 Å². The Balaban J connectivity index is 0.00000190. The topological polar surface area (TPSA) is 85.9 Å². The summed E-state index contributed by atoms with van der Waals surface area (Å²) in [6.07, 6.45) is 1.60. The largest absolute Gasteiger partial charge is 0.454 e. The quantitative estimate of drug-likeness (QED) is 0.474. The van der Waals surface area contributed by atoms with Crippen molar-refractivity contribution >= 4 is 23.2 Å². The van der Waals surface area contributed by atoms with Crippen LogP contribution in [0.4, 0.5) is 11.4 Å². The third kappa shape index (κ3) is 4.47. The van der Waals surface area contributed by atoms with E-state index in [2.05, 4.69) is 10.6 Å². The van der Waals surface area contributed by atoms with Crippen molar-refractivity contribution in [2.75, 3.05) is 31.1 Å². The number of carbonyl (C=O) groups is 2. The third-order valence-electron chi connectivity index (χ3n) is 6.68. The van der Waals surface area contributed by atoms with Crippen molar-refractivity contribution in [3.8, 4) is 22.6 Å². The minimum Gasteiger partial charge on any atom is -0.454 e. The highest BCUT2D eigenvalue weighted by molar-refractivity contribution is 6.02. The van der Waals surface area contributed by atoms with Crippen LogP contribution in [0.5, 0.6) is 11.5 Å². The molecule has 5 rings (SSSR count). The fourth-order valence-electron chi connectivity index (χ4n) is 4.58. The van der Waals surface area contributed by atoms with Gasteiger partial charge in [-0.3, -0.25) is 9.59 Å². The molecule has 3 aromatic carbocycles. The Labute approximate surface area is 207 Å². The van der Waals surface area contributed by atoms with Crippen LogP contribution >= 0.6 is 0 Å². The predicted octanol–water partition coefficient (Wildman–Crippen LogP) is 5.45. The van der Waals surface area contributed by atoms with Gasteiger partial charge in [0, 0.05) is 21.3 Å². The first-order valence-electron chi connectivity index (χ1n) is 11.6. The molecule has 7 nitrogen and oxygen atoms in total. The predicted molar refractivity (Wildman–Crippen MR) is 138 cm³/mol. The van der Waals surface area contributed by atoms with Gasteiger partial charge in [-0.15, -0.1) is 0 Å². The summed E-state index contributed by atoms with van der Waals surface area (Å²) in [5.41, 5.74) is 6.07. The van der Waals surface area contributed by atoms with Crippen LogP contribution in [-0.2, 0) is 19.7 Å². The summed E-state index contributed by atoms with van der Waals surface area (Å²) in [6, 6.07) is 17.5. The maximum Gasteiger partial charge on any atom is 0.250 e. The number of nitrogens with one attached hydrogen (secondary N) is 2. The highest BCUT2D eigenvalue weighted by Gasteiger charge is 2.51. The van der Waals surface area contributed by atoms with Crippen molar-refractivity contribution in [3.05, 3.63) is 71.3 Å². The zero-order valence-corrected chi connectivity index (χ0v) is 20.1. The van der Waals surface area contributed by atoms with E-state index in [0.717, 1.165) is 52.0 Å². The van der Waals surface area contributed by atoms with Crippen LogP contribution < -0.4 is 20.1 Å². The molecule has 0 bridgehead atoms. The van der Waals surface area contributed by atoms with Gasteiger partial charge in [0.05, 0.1) is 5.41 Å². The van der Waals surface area contributed by atoms with E-state index in [4.69, 9.17) is 14.2 Å². The number of rotatable bonds is 7. The third-order valence-corrected chi connectivity index (χ3v) is 6.68. The lowest BCUT2D eigenvalue weighted by molar-refractivity contribution is -0.120. The van der Waals surface area contributed by atoms with E-state index < -0.39 is 5.41 Å². The smallest absolute Gasteiger partial charge is 0.250 e. The maximum atomic E-state index is 13.4. The minimum absolute atomic E-state index is 0. The summed E-state index contributed by atoms with van der Waals surface area (Å²) >= 11 is 0. The van der Waals surface area contributed by atoms with Crippen molar-refractivity contribution in [1.82, 2.24) is 0 Å². The van der Waals surface area contributed by atoms with E-state index in [1.54, 1.807) is 0 Å². The van der Waals surface area contributed by atoms with Gasteiger partial charge < -0.3 is 24.8 Å². The van der Waals surface area contributed by atoms with Crippen LogP contribution in [-0.4, -0.2) is 32.3 Å². The number of benzene rings is 3. The number of fused-ring (bicyclic) bond motifs is 1. The summed E-state index contributed by atoms with van der Waals surface area (Å²) in [5.74, 6) is 1.19. The molecular weight excluding hydrogens is 444 g/mol. The first kappa shape index (κ1) is 22.9. The van der Waals surface area contributed by atoms with Crippen LogP contribution in [0.1, 0.15) is 32.4 Å². The molecule has 1 saturated carbocycles. The molecule has 0 atom stereocenters. The molecular formula is C28H32N2O5. The standard InChI is InChI=1S/C28H28N2O5.2H2/c1-17-4-6-21(14-23(17)22-8-7-20(12-18(22)2)29-26(31)15-33-3)30-27(32)28(10-11-28)19-5-9-24-25(13-19)35-16-34-24;;/h4-9,12-14H,10-11,15-16H2,1-3H3,(H,29,31)(H,30,32);2*1H. The number of hydrogen-bond acceptors (Lipinski definition) is 5. The fraction of sp³-hybridized carbons (Fsp3) is 0.286. The average molecular weight is 477 g/mol. The Kier molecular flexibility index (Phi) is 5.94. The highest BCUT2D eigenvalue weighted by Crippen LogP contribution is 2.51. The molecule has 1 aliphatic carbocycles. The lowest BCUT2D eigenvalue weighted by Crippen LogP contribution is -2.27. The molecule has 7 heteroatoms. The number of hydrogen-bond donors (Lipinski definition) is 2. The Morgan fingerprint density at radius 1 is 0.886 bits per heavy atom. The molecule has 0 spiro atoms. The molecule has 2 aliphatic rings. The van der Waals surface area contributed by atoms with E-state index in [-0.39, 0.29) is 28.1 Å². The van der Waals surface area contributed by atoms with Crippen LogP contribution in [0.2, 0.25) is 0 Å². The van der Waals surface area contributed by atoms with Gasteiger partial charge >= 0.3 is 0 Å². The lowest BCUT2D eigenvalue weighted by atomic mass is 9.93. The van der Waals surface area contributed by atoms with E-state index in [9.17, 15) is 9.59 Å². The Morgan fingerprint density at radius 2 is 1.63 bits per heavy atom. The SMILES string of the molecule is COCC(=O)Nc1ccc(-c2cc(NC(=O)C3(c4ccc5c(c4)OCO5)CC3)ccc2C)c(C)c1.[HH].[HH]. The molecule has 2 N–H and O–H groups in total. The minimum atomic E-state index is -0.538. The molecule has 35 heavy (non-hydrogen) atoms. The molecule has 184 valence electrons. The molecule has 1 fully saturated rings. The molecule has 0 radical (unpaired) electrons. The first-order valence-corrected chi connectivity index (χ1v) is 11.6. The summed E-state index contributed by atoms with van der Waals surface area (Å²) < 4.78 is 15.8. The van der Waals surface area contributed by atoms with Crippen molar-refractivity contribution < 1.29 is 26.7 Å². The number of methoxy groups -OCH3 is 1. The number of anilines is 2. The molecule has 3 aromatic rings. The zero-order chi connectivity index (χ0) is 24.6. The molecule has 2 amide bonds. The number of carbonyl (C=O) groups excluding carboxylic acids is 2. The van der Waals surface area contributed by atoms with Gasteiger partial charge in [0.15, 0.2) is 11.5 Å². The van der Waals surface area contributed by atoms with Crippen molar-refractivity contribution in [2.45, 2.75) is 32.1 Å². The van der Waals surface area contributed by atoms with Gasteiger partial charge in [0.25, 0.3) is 0 Å². The second-order valence-electron chi connectivity index (χ2n) is 9.14. The second-order valence-corrected chi connectivity index (χ2v) is 9.14. The lowest BCUT2D eigenvalue weighted by Gasteiger charge is -2.18. The molecule has 0 saturated heterocycles. The Morgan fingerprint density at radius 3 is 2.37 bits per heavy atom. The van der Waals surface area contributed by atoms with Gasteiger partial charge in [0.2, 0.25) is 18.6 Å². The van der Waals surface area contributed by atoms with Gasteiger partial charge in [-0.05, 0) is 90.9 Å². The van der Waals surface area contributed by atoms with E-state index in [1.807, 2.05) is 68.4 Å². The first-order chi connectivity index (χ1) is 16.9. The molecule has 0 aromatic heterocycles. The monoisotopic (exact) mass is 476 g/mol. The molecule has 1 aliphatic heterocycles. The fourth-order valence-corrected chi connectivity index (χ4v) is 4.58. The Bertz CT molecular complexity index is 1320. The summed E-state index contributed by atoms with van der Waals surface area (Å²) in [4.78, 5) is 25.2. The number of ether oxygens (including phenoxy) is 3. The van der Waals surface area contributed by atoms with Gasteiger partial charge in [0.1, 0.15) is 6.61 Å².